The van der Waals surface area contributed by atoms with Crippen LogP contribution >= 0.6 is 0 Å². The molecular weight excluding hydrogens is 485 g/mol. The van der Waals surface area contributed by atoms with Crippen LogP contribution < -0.4 is 15.4 Å². The smallest absolute Gasteiger partial charge is 0.251 e. The fraction of sp³-hybridized carbons (Fsp3) is 0.214. The topological polar surface area (TPSA) is 98.4 Å². The molecule has 1 aliphatic carbocycles. The Bertz CT molecular complexity index is 1650. The molecule has 10 heteroatoms. The highest BCUT2D eigenvalue weighted by molar-refractivity contribution is 5.96. The molecule has 1 fully saturated rings. The van der Waals surface area contributed by atoms with Crippen LogP contribution in [0.4, 0.5) is 10.1 Å². The van der Waals surface area contributed by atoms with Gasteiger partial charge in [-0.2, -0.15) is 5.10 Å². The summed E-state index contributed by atoms with van der Waals surface area (Å²) in [7, 11) is 1.86. The Kier molecular flexibility index (Phi) is 5.99. The molecule has 0 saturated heterocycles. The first-order valence-electron chi connectivity index (χ1n) is 12.4. The van der Waals surface area contributed by atoms with Crippen molar-refractivity contribution in [3.63, 3.8) is 0 Å². The number of nitrogens with zero attached hydrogens (tertiary/aromatic N) is 5. The number of anilines is 1. The van der Waals surface area contributed by atoms with E-state index in [1.165, 1.54) is 12.1 Å². The molecule has 1 aliphatic rings. The normalized spacial score (nSPS) is 13.0. The zero-order valence-electron chi connectivity index (χ0n) is 21.0. The number of carbonyl (C=O) groups is 1. The Morgan fingerprint density at radius 1 is 1.13 bits per heavy atom. The fourth-order valence-corrected chi connectivity index (χ4v) is 4.29. The number of hydrogen-bond donors (Lipinski definition) is 2. The summed E-state index contributed by atoms with van der Waals surface area (Å²) >= 11 is 0. The van der Waals surface area contributed by atoms with Gasteiger partial charge in [-0.05, 0) is 55.7 Å². The third-order valence-electron chi connectivity index (χ3n) is 6.37. The maximum atomic E-state index is 13.8. The summed E-state index contributed by atoms with van der Waals surface area (Å²) in [4.78, 5) is 17.2. The number of aryl methyl sites for hydroxylation is 2. The van der Waals surface area contributed by atoms with Gasteiger partial charge in [0.05, 0.1) is 29.8 Å². The second kappa shape index (κ2) is 9.62. The highest BCUT2D eigenvalue weighted by Crippen LogP contribution is 2.30. The molecule has 0 spiro atoms. The number of amides is 1. The van der Waals surface area contributed by atoms with Gasteiger partial charge in [0.25, 0.3) is 5.91 Å². The minimum atomic E-state index is -0.401. The van der Waals surface area contributed by atoms with Crippen molar-refractivity contribution in [2.45, 2.75) is 32.4 Å². The Labute approximate surface area is 218 Å². The summed E-state index contributed by atoms with van der Waals surface area (Å²) in [6.45, 7) is 2.38. The molecule has 1 amide bonds. The van der Waals surface area contributed by atoms with E-state index in [9.17, 15) is 9.18 Å². The van der Waals surface area contributed by atoms with Crippen molar-refractivity contribution in [2.75, 3.05) is 5.32 Å². The number of ether oxygens (including phenoxy) is 1. The summed E-state index contributed by atoms with van der Waals surface area (Å²) in [5.41, 5.74) is 5.21. The van der Waals surface area contributed by atoms with Crippen LogP contribution in [0.15, 0.2) is 67.0 Å². The molecule has 0 atom stereocenters. The van der Waals surface area contributed by atoms with Crippen molar-refractivity contribution in [3.8, 4) is 22.9 Å². The molecule has 38 heavy (non-hydrogen) atoms. The van der Waals surface area contributed by atoms with Crippen molar-refractivity contribution in [1.82, 2.24) is 29.7 Å². The lowest BCUT2D eigenvalue weighted by Gasteiger charge is -2.12. The second-order valence-electron chi connectivity index (χ2n) is 9.45. The molecule has 3 aromatic heterocycles. The number of imidazole rings is 1. The van der Waals surface area contributed by atoms with Gasteiger partial charge in [-0.25, -0.2) is 13.9 Å². The number of hydrogen-bond acceptors (Lipinski definition) is 6. The van der Waals surface area contributed by atoms with E-state index in [1.807, 2.05) is 44.4 Å². The first-order chi connectivity index (χ1) is 18.4. The molecule has 0 aliphatic heterocycles. The van der Waals surface area contributed by atoms with Crippen LogP contribution in [0.2, 0.25) is 0 Å². The molecule has 192 valence electrons. The molecule has 0 bridgehead atoms. The number of aromatic nitrogens is 5. The largest absolute Gasteiger partial charge is 0.437 e. The molecular formula is C28H26FN7O2. The summed E-state index contributed by atoms with van der Waals surface area (Å²) < 4.78 is 23.1. The molecule has 1 saturated carbocycles. The van der Waals surface area contributed by atoms with Crippen molar-refractivity contribution in [2.24, 2.45) is 7.05 Å². The highest BCUT2D eigenvalue weighted by Gasteiger charge is 2.24. The number of rotatable bonds is 8. The van der Waals surface area contributed by atoms with Gasteiger partial charge in [0.1, 0.15) is 11.6 Å². The predicted octanol–water partition coefficient (Wildman–Crippen LogP) is 4.87. The standard InChI is InChI=1S/C28H26FN7O2/c1-17-12-18(6-9-23(17)28(37)32-20-7-8-20)25-16-31-27-24(30-15-21-10-11-35(2)33-21)14-26(34-36(25)27)38-22-5-3-4-19(29)13-22/h3-6,9-14,16,20,30H,7-8,15H2,1-2H3,(H,32,37). The Morgan fingerprint density at radius 2 is 2.00 bits per heavy atom. The van der Waals surface area contributed by atoms with Crippen LogP contribution in [0.1, 0.15) is 34.5 Å². The van der Waals surface area contributed by atoms with E-state index >= 15 is 0 Å². The number of nitrogens with one attached hydrogen (secondary N) is 2. The van der Waals surface area contributed by atoms with Crippen LogP contribution in [-0.4, -0.2) is 36.3 Å². The number of carbonyl (C=O) groups excluding carboxylic acids is 1. The van der Waals surface area contributed by atoms with Gasteiger partial charge in [0.2, 0.25) is 5.88 Å². The van der Waals surface area contributed by atoms with Gasteiger partial charge in [-0.3, -0.25) is 9.48 Å². The average Bonchev–Trinajstić information content (AvgIpc) is 3.44. The van der Waals surface area contributed by atoms with Gasteiger partial charge < -0.3 is 15.4 Å². The van der Waals surface area contributed by atoms with Gasteiger partial charge in [0, 0.05) is 42.5 Å². The quantitative estimate of drug-likeness (QED) is 0.308. The fourth-order valence-electron chi connectivity index (χ4n) is 4.29. The van der Waals surface area contributed by atoms with E-state index in [0.717, 1.165) is 35.4 Å². The van der Waals surface area contributed by atoms with Crippen LogP contribution in [-0.2, 0) is 13.6 Å². The second-order valence-corrected chi connectivity index (χ2v) is 9.45. The van der Waals surface area contributed by atoms with E-state index in [-0.39, 0.29) is 17.8 Å². The van der Waals surface area contributed by atoms with E-state index < -0.39 is 5.82 Å². The van der Waals surface area contributed by atoms with Gasteiger partial charge in [-0.15, -0.1) is 5.10 Å². The molecule has 2 N–H and O–H groups in total. The molecule has 0 unspecified atom stereocenters. The molecule has 6 rings (SSSR count). The van der Waals surface area contributed by atoms with Crippen LogP contribution in [0.3, 0.4) is 0 Å². The zero-order chi connectivity index (χ0) is 26.2. The monoisotopic (exact) mass is 511 g/mol. The van der Waals surface area contributed by atoms with Crippen molar-refractivity contribution in [3.05, 3.63) is 89.6 Å². The summed E-state index contributed by atoms with van der Waals surface area (Å²) in [5, 5.41) is 15.5. The first kappa shape index (κ1) is 23.7. The Balaban J connectivity index is 1.37. The van der Waals surface area contributed by atoms with Crippen LogP contribution in [0.5, 0.6) is 11.6 Å². The van der Waals surface area contributed by atoms with Gasteiger partial charge in [0.15, 0.2) is 5.65 Å². The van der Waals surface area contributed by atoms with Crippen LogP contribution in [0.25, 0.3) is 16.9 Å². The maximum Gasteiger partial charge on any atom is 0.251 e. The van der Waals surface area contributed by atoms with Gasteiger partial charge in [-0.1, -0.05) is 12.1 Å². The number of halogens is 1. The lowest BCUT2D eigenvalue weighted by Crippen LogP contribution is -2.26. The first-order valence-corrected chi connectivity index (χ1v) is 12.4. The van der Waals surface area contributed by atoms with Crippen molar-refractivity contribution >= 4 is 17.2 Å². The van der Waals surface area contributed by atoms with Crippen molar-refractivity contribution in [1.29, 1.82) is 0 Å². The van der Waals surface area contributed by atoms with Gasteiger partial charge >= 0.3 is 0 Å². The Hall–Kier alpha value is -4.73. The maximum absolute atomic E-state index is 13.8. The minimum absolute atomic E-state index is 0.0559. The molecule has 0 radical (unpaired) electrons. The van der Waals surface area contributed by atoms with E-state index in [0.29, 0.717) is 29.2 Å². The highest BCUT2D eigenvalue weighted by atomic mass is 19.1. The molecule has 3 heterocycles. The van der Waals surface area contributed by atoms with E-state index in [4.69, 9.17) is 4.74 Å². The number of benzene rings is 2. The molecule has 5 aromatic rings. The Morgan fingerprint density at radius 3 is 2.74 bits per heavy atom. The summed E-state index contributed by atoms with van der Waals surface area (Å²) in [6, 6.07) is 15.5. The number of fused-ring (bicyclic) bond motifs is 1. The lowest BCUT2D eigenvalue weighted by atomic mass is 10.0. The average molecular weight is 512 g/mol. The predicted molar refractivity (Wildman–Crippen MR) is 141 cm³/mol. The lowest BCUT2D eigenvalue weighted by molar-refractivity contribution is 0.0950. The minimum Gasteiger partial charge on any atom is -0.437 e. The molecule has 2 aromatic carbocycles. The van der Waals surface area contributed by atoms with E-state index in [1.54, 1.807) is 33.6 Å². The zero-order valence-corrected chi connectivity index (χ0v) is 21.0. The van der Waals surface area contributed by atoms with Crippen LogP contribution in [0, 0.1) is 12.7 Å². The molecule has 9 nitrogen and oxygen atoms in total. The summed E-state index contributed by atoms with van der Waals surface area (Å²) in [6.07, 6.45) is 5.68. The third-order valence-corrected chi connectivity index (χ3v) is 6.37. The van der Waals surface area contributed by atoms with Crippen molar-refractivity contribution < 1.29 is 13.9 Å². The third kappa shape index (κ3) is 4.93. The van der Waals surface area contributed by atoms with E-state index in [2.05, 4.69) is 25.8 Å². The SMILES string of the molecule is Cc1cc(-c2cnc3c(NCc4ccn(C)n4)cc(Oc4cccc(F)c4)nn23)ccc1C(=O)NC1CC1. The summed E-state index contributed by atoms with van der Waals surface area (Å²) in [5.74, 6) is 0.139.